The normalized spacial score (nSPS) is 30.2. The van der Waals surface area contributed by atoms with E-state index in [9.17, 15) is 13.2 Å². The van der Waals surface area contributed by atoms with Crippen LogP contribution < -0.4 is 5.32 Å². The lowest BCUT2D eigenvalue weighted by Gasteiger charge is -2.37. The van der Waals surface area contributed by atoms with Crippen LogP contribution in [-0.2, 0) is 6.42 Å². The van der Waals surface area contributed by atoms with Gasteiger partial charge in [0.05, 0.1) is 9.70 Å². The second kappa shape index (κ2) is 6.20. The van der Waals surface area contributed by atoms with Crippen molar-refractivity contribution in [1.29, 1.82) is 0 Å². The smallest absolute Gasteiger partial charge is 0.307 e. The molecular weight excluding hydrogens is 363 g/mol. The predicted octanol–water partition coefficient (Wildman–Crippen LogP) is 5.60. The van der Waals surface area contributed by atoms with Crippen LogP contribution in [0.2, 0.25) is 0 Å². The number of fused-ring (bicyclic) bond motifs is 1. The van der Waals surface area contributed by atoms with Gasteiger partial charge in [-0.15, -0.1) is 11.3 Å². The van der Waals surface area contributed by atoms with Crippen molar-refractivity contribution in [1.82, 2.24) is 5.32 Å². The second-order valence-corrected chi connectivity index (χ2v) is 8.60. The van der Waals surface area contributed by atoms with Crippen molar-refractivity contribution in [2.45, 2.75) is 63.2 Å². The molecule has 3 rings (SSSR count). The summed E-state index contributed by atoms with van der Waals surface area (Å²) in [6.07, 6.45) is 1.48. The highest BCUT2D eigenvalue weighted by atomic mass is 79.9. The van der Waals surface area contributed by atoms with Crippen molar-refractivity contribution < 1.29 is 13.2 Å². The Labute approximate surface area is 135 Å². The highest BCUT2D eigenvalue weighted by molar-refractivity contribution is 9.11. The average molecular weight is 382 g/mol. The number of thiophene rings is 1. The summed E-state index contributed by atoms with van der Waals surface area (Å²) in [7, 11) is 0. The van der Waals surface area contributed by atoms with Crippen molar-refractivity contribution in [2.75, 3.05) is 0 Å². The maximum absolute atomic E-state index is 13.2. The minimum absolute atomic E-state index is 0.0873. The number of hydrogen-bond donors (Lipinski definition) is 1. The van der Waals surface area contributed by atoms with Gasteiger partial charge in [-0.2, -0.15) is 13.2 Å². The zero-order valence-corrected chi connectivity index (χ0v) is 14.1. The molecule has 118 valence electrons. The van der Waals surface area contributed by atoms with Gasteiger partial charge >= 0.3 is 6.18 Å². The Kier molecular flexibility index (Phi) is 4.67. The van der Waals surface area contributed by atoms with Gasteiger partial charge in [0.15, 0.2) is 0 Å². The number of aryl methyl sites for hydroxylation is 1. The molecule has 6 heteroatoms. The molecule has 2 aliphatic rings. The number of alkyl halides is 3. The standard InChI is InChI=1S/C15H19BrF3NS/c16-14-8-9-11(6-3-7-13(9)21-14)20-12-5-2-1-4-10(12)15(17,18)19/h8,10-12,20H,1-7H2. The molecule has 0 saturated heterocycles. The highest BCUT2D eigenvalue weighted by Crippen LogP contribution is 2.42. The molecule has 1 saturated carbocycles. The van der Waals surface area contributed by atoms with Crippen molar-refractivity contribution in [3.05, 3.63) is 20.3 Å². The Morgan fingerprint density at radius 3 is 2.67 bits per heavy atom. The summed E-state index contributed by atoms with van der Waals surface area (Å²) >= 11 is 5.22. The van der Waals surface area contributed by atoms with Crippen LogP contribution in [0.4, 0.5) is 13.2 Å². The van der Waals surface area contributed by atoms with Crippen molar-refractivity contribution in [2.24, 2.45) is 5.92 Å². The molecule has 1 nitrogen and oxygen atoms in total. The SMILES string of the molecule is FC(F)(F)C1CCCCC1NC1CCCc2sc(Br)cc21. The maximum Gasteiger partial charge on any atom is 0.393 e. The van der Waals surface area contributed by atoms with E-state index in [4.69, 9.17) is 0 Å². The largest absolute Gasteiger partial charge is 0.393 e. The van der Waals surface area contributed by atoms with E-state index in [1.54, 1.807) is 11.3 Å². The van der Waals surface area contributed by atoms with Gasteiger partial charge in [0.25, 0.3) is 0 Å². The third kappa shape index (κ3) is 3.48. The Morgan fingerprint density at radius 1 is 1.14 bits per heavy atom. The lowest BCUT2D eigenvalue weighted by atomic mass is 9.82. The molecule has 1 heterocycles. The Bertz CT molecular complexity index is 500. The average Bonchev–Trinajstić information content (AvgIpc) is 2.79. The van der Waals surface area contributed by atoms with Crippen molar-refractivity contribution >= 4 is 27.3 Å². The first-order valence-electron chi connectivity index (χ1n) is 7.56. The molecule has 0 aliphatic heterocycles. The second-order valence-electron chi connectivity index (χ2n) is 6.08. The highest BCUT2D eigenvalue weighted by Gasteiger charge is 2.46. The summed E-state index contributed by atoms with van der Waals surface area (Å²) in [6, 6.07) is 1.75. The first-order valence-corrected chi connectivity index (χ1v) is 9.17. The summed E-state index contributed by atoms with van der Waals surface area (Å²) < 4.78 is 40.7. The van der Waals surface area contributed by atoms with E-state index in [0.29, 0.717) is 12.8 Å². The van der Waals surface area contributed by atoms with Crippen LogP contribution in [-0.4, -0.2) is 12.2 Å². The van der Waals surface area contributed by atoms with Crippen LogP contribution in [0.25, 0.3) is 0 Å². The lowest BCUT2D eigenvalue weighted by Crippen LogP contribution is -2.47. The van der Waals surface area contributed by atoms with Gasteiger partial charge < -0.3 is 5.32 Å². The van der Waals surface area contributed by atoms with Crippen LogP contribution in [0.5, 0.6) is 0 Å². The predicted molar refractivity (Wildman–Crippen MR) is 82.6 cm³/mol. The fourth-order valence-electron chi connectivity index (χ4n) is 3.68. The van der Waals surface area contributed by atoms with Crippen LogP contribution >= 0.6 is 27.3 Å². The molecule has 21 heavy (non-hydrogen) atoms. The monoisotopic (exact) mass is 381 g/mol. The zero-order valence-electron chi connectivity index (χ0n) is 11.7. The van der Waals surface area contributed by atoms with Gasteiger partial charge in [-0.1, -0.05) is 12.8 Å². The van der Waals surface area contributed by atoms with E-state index in [1.165, 1.54) is 10.4 Å². The van der Waals surface area contributed by atoms with E-state index < -0.39 is 18.1 Å². The molecular formula is C15H19BrF3NS. The molecule has 3 unspecified atom stereocenters. The molecule has 1 N–H and O–H groups in total. The van der Waals surface area contributed by atoms with Crippen LogP contribution in [0, 0.1) is 5.92 Å². The number of hydrogen-bond acceptors (Lipinski definition) is 2. The Morgan fingerprint density at radius 2 is 1.90 bits per heavy atom. The summed E-state index contributed by atoms with van der Waals surface area (Å²) in [6.45, 7) is 0. The van der Waals surface area contributed by atoms with Gasteiger partial charge in [-0.3, -0.25) is 0 Å². The third-order valence-corrected chi connectivity index (χ3v) is 6.40. The van der Waals surface area contributed by atoms with E-state index in [2.05, 4.69) is 27.3 Å². The van der Waals surface area contributed by atoms with Crippen LogP contribution in [0.1, 0.15) is 55.0 Å². The molecule has 0 aromatic carbocycles. The molecule has 0 bridgehead atoms. The minimum atomic E-state index is -4.08. The van der Waals surface area contributed by atoms with E-state index in [-0.39, 0.29) is 12.5 Å². The van der Waals surface area contributed by atoms with E-state index >= 15 is 0 Å². The van der Waals surface area contributed by atoms with Crippen molar-refractivity contribution in [3.63, 3.8) is 0 Å². The quantitative estimate of drug-likeness (QED) is 0.702. The molecule has 0 radical (unpaired) electrons. The molecule has 0 amide bonds. The fraction of sp³-hybridized carbons (Fsp3) is 0.733. The van der Waals surface area contributed by atoms with E-state index in [0.717, 1.165) is 29.5 Å². The van der Waals surface area contributed by atoms with Crippen LogP contribution in [0.3, 0.4) is 0 Å². The van der Waals surface area contributed by atoms with Gasteiger partial charge in [-0.05, 0) is 59.7 Å². The molecule has 2 aliphatic carbocycles. The summed E-state index contributed by atoms with van der Waals surface area (Å²) in [5, 5.41) is 3.35. The maximum atomic E-state index is 13.2. The minimum Gasteiger partial charge on any atom is -0.307 e. The molecule has 0 spiro atoms. The molecule has 1 aromatic rings. The Hall–Kier alpha value is -0.0700. The summed E-state index contributed by atoms with van der Waals surface area (Å²) in [5.74, 6) is -1.18. The topological polar surface area (TPSA) is 12.0 Å². The van der Waals surface area contributed by atoms with Gasteiger partial charge in [0.2, 0.25) is 0 Å². The van der Waals surface area contributed by atoms with Crippen LogP contribution in [0.15, 0.2) is 9.85 Å². The molecule has 3 atom stereocenters. The fourth-order valence-corrected chi connectivity index (χ4v) is 5.49. The zero-order chi connectivity index (χ0) is 15.0. The third-order valence-electron chi connectivity index (χ3n) is 4.69. The molecule has 1 aromatic heterocycles. The lowest BCUT2D eigenvalue weighted by molar-refractivity contribution is -0.189. The first kappa shape index (κ1) is 15.8. The van der Waals surface area contributed by atoms with E-state index in [1.807, 2.05) is 0 Å². The number of nitrogens with one attached hydrogen (secondary N) is 1. The summed E-state index contributed by atoms with van der Waals surface area (Å²) in [5.41, 5.74) is 1.21. The van der Waals surface area contributed by atoms with Gasteiger partial charge in [-0.25, -0.2) is 0 Å². The Balaban J connectivity index is 1.76. The number of halogens is 4. The van der Waals surface area contributed by atoms with Gasteiger partial charge in [0, 0.05) is 17.0 Å². The summed E-state index contributed by atoms with van der Waals surface area (Å²) in [4.78, 5) is 1.32. The van der Waals surface area contributed by atoms with Gasteiger partial charge in [0.1, 0.15) is 0 Å². The first-order chi connectivity index (χ1) is 9.95. The molecule has 1 fully saturated rings. The van der Waals surface area contributed by atoms with Crippen molar-refractivity contribution in [3.8, 4) is 0 Å². The number of rotatable bonds is 2.